The zero-order valence-corrected chi connectivity index (χ0v) is 7.19. The van der Waals surface area contributed by atoms with Crippen LogP contribution in [0.25, 0.3) is 0 Å². The lowest BCUT2D eigenvalue weighted by Gasteiger charge is -1.99. The zero-order chi connectivity index (χ0) is 9.68. The van der Waals surface area contributed by atoms with Crippen molar-refractivity contribution in [3.05, 3.63) is 47.0 Å². The van der Waals surface area contributed by atoms with E-state index in [1.54, 1.807) is 12.1 Å². The summed E-state index contributed by atoms with van der Waals surface area (Å²) >= 11 is 0. The third-order valence-electron chi connectivity index (χ3n) is 1.74. The van der Waals surface area contributed by atoms with Gasteiger partial charge in [0.15, 0.2) is 0 Å². The minimum absolute atomic E-state index is 0.131. The van der Waals surface area contributed by atoms with E-state index in [1.165, 1.54) is 12.1 Å². The smallest absolute Gasteiger partial charge is 0.269 e. The normalized spacial score (nSPS) is 9.92. The molecule has 0 spiro atoms. The van der Waals surface area contributed by atoms with Crippen molar-refractivity contribution in [3.63, 3.8) is 0 Å². The SMILES string of the molecule is [CH2]NCCc1ccc([N+](=O)[O-])cc1. The molecule has 0 heterocycles. The van der Waals surface area contributed by atoms with Crippen LogP contribution < -0.4 is 5.32 Å². The van der Waals surface area contributed by atoms with Crippen LogP contribution in [0, 0.1) is 17.2 Å². The van der Waals surface area contributed by atoms with E-state index in [0.717, 1.165) is 18.5 Å². The number of rotatable bonds is 4. The molecule has 0 saturated heterocycles. The summed E-state index contributed by atoms with van der Waals surface area (Å²) in [4.78, 5) is 9.91. The molecule has 1 aromatic rings. The summed E-state index contributed by atoms with van der Waals surface area (Å²) in [6, 6.07) is 6.54. The average Bonchev–Trinajstić information content (AvgIpc) is 2.15. The van der Waals surface area contributed by atoms with Crippen LogP contribution in [0.1, 0.15) is 5.56 Å². The molecular weight excluding hydrogens is 168 g/mol. The molecule has 0 aliphatic rings. The Kier molecular flexibility index (Phi) is 3.40. The third kappa shape index (κ3) is 2.83. The Hall–Kier alpha value is -1.42. The Morgan fingerprint density at radius 3 is 2.46 bits per heavy atom. The van der Waals surface area contributed by atoms with Crippen LogP contribution in [0.4, 0.5) is 5.69 Å². The second-order valence-electron chi connectivity index (χ2n) is 2.67. The van der Waals surface area contributed by atoms with Gasteiger partial charge in [-0.15, -0.1) is 0 Å². The van der Waals surface area contributed by atoms with Gasteiger partial charge in [-0.05, 0) is 18.5 Å². The topological polar surface area (TPSA) is 55.2 Å². The molecule has 1 rings (SSSR count). The molecule has 69 valence electrons. The summed E-state index contributed by atoms with van der Waals surface area (Å²) in [5.74, 6) is 0. The van der Waals surface area contributed by atoms with Gasteiger partial charge >= 0.3 is 0 Å². The number of nitrogens with zero attached hydrogens (tertiary/aromatic N) is 1. The van der Waals surface area contributed by atoms with Crippen LogP contribution in [0.5, 0.6) is 0 Å². The lowest BCUT2D eigenvalue weighted by molar-refractivity contribution is -0.384. The zero-order valence-electron chi connectivity index (χ0n) is 7.19. The van der Waals surface area contributed by atoms with Crippen LogP contribution >= 0.6 is 0 Å². The van der Waals surface area contributed by atoms with Crippen molar-refractivity contribution in [3.8, 4) is 0 Å². The first-order valence-electron chi connectivity index (χ1n) is 3.97. The summed E-state index contributed by atoms with van der Waals surface area (Å²) in [7, 11) is 3.49. The molecule has 13 heavy (non-hydrogen) atoms. The van der Waals surface area contributed by atoms with Crippen LogP contribution in [-0.4, -0.2) is 11.5 Å². The Balaban J connectivity index is 2.64. The summed E-state index contributed by atoms with van der Waals surface area (Å²) in [5.41, 5.74) is 1.20. The van der Waals surface area contributed by atoms with E-state index < -0.39 is 4.92 Å². The van der Waals surface area contributed by atoms with E-state index in [4.69, 9.17) is 0 Å². The molecule has 4 heteroatoms. The molecule has 0 amide bonds. The van der Waals surface area contributed by atoms with E-state index in [1.807, 2.05) is 0 Å². The Morgan fingerprint density at radius 2 is 2.00 bits per heavy atom. The van der Waals surface area contributed by atoms with Gasteiger partial charge in [0.05, 0.1) is 4.92 Å². The van der Waals surface area contributed by atoms with Crippen molar-refractivity contribution in [1.82, 2.24) is 5.32 Å². The second-order valence-corrected chi connectivity index (χ2v) is 2.67. The maximum Gasteiger partial charge on any atom is 0.269 e. The predicted octanol–water partition coefficient (Wildman–Crippen LogP) is 1.52. The number of hydrogen-bond acceptors (Lipinski definition) is 3. The molecule has 0 aromatic heterocycles. The van der Waals surface area contributed by atoms with Crippen LogP contribution in [-0.2, 0) is 6.42 Å². The molecule has 1 radical (unpaired) electrons. The fourth-order valence-electron chi connectivity index (χ4n) is 1.02. The lowest BCUT2D eigenvalue weighted by atomic mass is 10.1. The van der Waals surface area contributed by atoms with Crippen molar-refractivity contribution in [2.24, 2.45) is 0 Å². The van der Waals surface area contributed by atoms with Gasteiger partial charge in [-0.25, -0.2) is 0 Å². The summed E-state index contributed by atoms with van der Waals surface area (Å²) in [5, 5.41) is 13.1. The average molecular weight is 179 g/mol. The quantitative estimate of drug-likeness (QED) is 0.563. The third-order valence-corrected chi connectivity index (χ3v) is 1.74. The fourth-order valence-corrected chi connectivity index (χ4v) is 1.02. The van der Waals surface area contributed by atoms with Gasteiger partial charge < -0.3 is 5.32 Å². The van der Waals surface area contributed by atoms with Crippen LogP contribution in [0.3, 0.4) is 0 Å². The molecule has 4 nitrogen and oxygen atoms in total. The van der Waals surface area contributed by atoms with E-state index >= 15 is 0 Å². The Bertz CT molecular complexity index is 282. The maximum absolute atomic E-state index is 10.3. The van der Waals surface area contributed by atoms with E-state index in [2.05, 4.69) is 12.4 Å². The predicted molar refractivity (Wildman–Crippen MR) is 50.2 cm³/mol. The number of hydrogen-bond donors (Lipinski definition) is 1. The minimum atomic E-state index is -0.399. The molecule has 0 aliphatic carbocycles. The van der Waals surface area contributed by atoms with Crippen molar-refractivity contribution in [2.75, 3.05) is 6.54 Å². The van der Waals surface area contributed by atoms with Gasteiger partial charge in [0.25, 0.3) is 5.69 Å². The van der Waals surface area contributed by atoms with Gasteiger partial charge in [0.2, 0.25) is 0 Å². The van der Waals surface area contributed by atoms with Crippen molar-refractivity contribution >= 4 is 5.69 Å². The highest BCUT2D eigenvalue weighted by Crippen LogP contribution is 2.11. The first kappa shape index (κ1) is 9.67. The minimum Gasteiger partial charge on any atom is -0.315 e. The molecule has 0 bridgehead atoms. The molecule has 0 unspecified atom stereocenters. The monoisotopic (exact) mass is 179 g/mol. The van der Waals surface area contributed by atoms with E-state index in [0.29, 0.717) is 0 Å². The number of benzene rings is 1. The number of nitro benzene ring substituents is 1. The van der Waals surface area contributed by atoms with E-state index in [-0.39, 0.29) is 5.69 Å². The molecule has 0 saturated carbocycles. The van der Waals surface area contributed by atoms with Gasteiger partial charge in [-0.2, -0.15) is 0 Å². The number of nitrogens with one attached hydrogen (secondary N) is 1. The van der Waals surface area contributed by atoms with Crippen molar-refractivity contribution < 1.29 is 4.92 Å². The Labute approximate surface area is 76.7 Å². The largest absolute Gasteiger partial charge is 0.315 e. The first-order chi connectivity index (χ1) is 6.24. The summed E-state index contributed by atoms with van der Waals surface area (Å²) in [6.07, 6.45) is 0.835. The standard InChI is InChI=1S/C9H11N2O2/c1-10-7-6-8-2-4-9(5-3-8)11(12)13/h2-5,10H,1,6-7H2. The van der Waals surface area contributed by atoms with Crippen LogP contribution in [0.15, 0.2) is 24.3 Å². The lowest BCUT2D eigenvalue weighted by Crippen LogP contribution is -2.07. The summed E-state index contributed by atoms with van der Waals surface area (Å²) in [6.45, 7) is 0.776. The fraction of sp³-hybridized carbons (Fsp3) is 0.222. The highest BCUT2D eigenvalue weighted by Gasteiger charge is 2.02. The van der Waals surface area contributed by atoms with Gasteiger partial charge in [-0.1, -0.05) is 12.1 Å². The Morgan fingerprint density at radius 1 is 1.38 bits per heavy atom. The maximum atomic E-state index is 10.3. The molecule has 0 atom stereocenters. The first-order valence-corrected chi connectivity index (χ1v) is 3.97. The van der Waals surface area contributed by atoms with Crippen molar-refractivity contribution in [2.45, 2.75) is 6.42 Å². The number of non-ortho nitro benzene ring substituents is 1. The van der Waals surface area contributed by atoms with E-state index in [9.17, 15) is 10.1 Å². The van der Waals surface area contributed by atoms with Gasteiger partial charge in [-0.3, -0.25) is 10.1 Å². The van der Waals surface area contributed by atoms with Gasteiger partial charge in [0.1, 0.15) is 0 Å². The van der Waals surface area contributed by atoms with Crippen molar-refractivity contribution in [1.29, 1.82) is 0 Å². The van der Waals surface area contributed by atoms with Crippen LogP contribution in [0.2, 0.25) is 0 Å². The molecular formula is C9H11N2O2. The molecule has 0 aliphatic heterocycles. The highest BCUT2D eigenvalue weighted by atomic mass is 16.6. The second kappa shape index (κ2) is 4.57. The molecule has 0 fully saturated rings. The summed E-state index contributed by atoms with van der Waals surface area (Å²) < 4.78 is 0. The molecule has 1 N–H and O–H groups in total. The van der Waals surface area contributed by atoms with Gasteiger partial charge in [0, 0.05) is 19.2 Å². The highest BCUT2D eigenvalue weighted by molar-refractivity contribution is 5.32. The molecule has 1 aromatic carbocycles. The number of nitro groups is 1.